The Morgan fingerprint density at radius 2 is 1.97 bits per heavy atom. The maximum absolute atomic E-state index is 12.8. The molecule has 1 N–H and O–H groups in total. The van der Waals surface area contributed by atoms with Gasteiger partial charge in [-0.2, -0.15) is 0 Å². The number of pyridine rings is 1. The van der Waals surface area contributed by atoms with E-state index in [-0.39, 0.29) is 16.7 Å². The molecule has 1 fully saturated rings. The van der Waals surface area contributed by atoms with Crippen LogP contribution in [0, 0.1) is 0 Å². The van der Waals surface area contributed by atoms with Crippen LogP contribution in [0.2, 0.25) is 10.0 Å². The average molecular weight is 493 g/mol. The van der Waals surface area contributed by atoms with Crippen LogP contribution in [-0.4, -0.2) is 57.2 Å². The quantitative estimate of drug-likeness (QED) is 0.499. The Kier molecular flexibility index (Phi) is 7.51. The molecule has 0 spiro atoms. The highest BCUT2D eigenvalue weighted by Crippen LogP contribution is 2.29. The normalized spacial score (nSPS) is 14.9. The molecule has 0 radical (unpaired) electrons. The van der Waals surface area contributed by atoms with Crippen molar-refractivity contribution in [3.63, 3.8) is 0 Å². The number of aromatic nitrogens is 4. The number of anilines is 2. The molecule has 11 heteroatoms. The molecule has 0 bridgehead atoms. The lowest BCUT2D eigenvalue weighted by molar-refractivity contribution is -0.115. The van der Waals surface area contributed by atoms with Crippen LogP contribution >= 0.6 is 35.0 Å². The topological polar surface area (TPSA) is 85.2 Å². The fourth-order valence-corrected chi connectivity index (χ4v) is 4.48. The van der Waals surface area contributed by atoms with Crippen LogP contribution in [0.15, 0.2) is 47.8 Å². The van der Waals surface area contributed by atoms with Gasteiger partial charge in [0.1, 0.15) is 0 Å². The summed E-state index contributed by atoms with van der Waals surface area (Å²) in [5.41, 5.74) is 1.12. The molecule has 1 atom stereocenters. The number of rotatable bonds is 7. The van der Waals surface area contributed by atoms with Crippen molar-refractivity contribution in [3.8, 4) is 0 Å². The van der Waals surface area contributed by atoms with Gasteiger partial charge in [-0.3, -0.25) is 9.36 Å². The van der Waals surface area contributed by atoms with E-state index in [2.05, 4.69) is 37.5 Å². The van der Waals surface area contributed by atoms with Crippen molar-refractivity contribution in [2.75, 3.05) is 36.5 Å². The van der Waals surface area contributed by atoms with Gasteiger partial charge >= 0.3 is 0 Å². The summed E-state index contributed by atoms with van der Waals surface area (Å²) in [5.74, 6) is 0.803. The predicted octanol–water partition coefficient (Wildman–Crippen LogP) is 3.98. The highest BCUT2D eigenvalue weighted by Gasteiger charge is 2.24. The van der Waals surface area contributed by atoms with Crippen molar-refractivity contribution in [2.24, 2.45) is 0 Å². The zero-order valence-electron chi connectivity index (χ0n) is 17.4. The maximum atomic E-state index is 12.8. The van der Waals surface area contributed by atoms with Gasteiger partial charge in [-0.05, 0) is 18.6 Å². The summed E-state index contributed by atoms with van der Waals surface area (Å²) in [6.07, 6.45) is 1.44. The zero-order valence-corrected chi connectivity index (χ0v) is 19.7. The number of nitrogens with zero attached hydrogens (tertiary/aromatic N) is 5. The van der Waals surface area contributed by atoms with E-state index in [0.717, 1.165) is 24.6 Å². The van der Waals surface area contributed by atoms with E-state index in [1.807, 2.05) is 22.8 Å². The van der Waals surface area contributed by atoms with Gasteiger partial charge in [-0.25, -0.2) is 4.98 Å². The fourth-order valence-electron chi connectivity index (χ4n) is 3.21. The van der Waals surface area contributed by atoms with Crippen LogP contribution in [0.25, 0.3) is 0 Å². The number of carbonyl (C=O) groups is 1. The zero-order chi connectivity index (χ0) is 22.5. The van der Waals surface area contributed by atoms with E-state index >= 15 is 0 Å². The second-order valence-electron chi connectivity index (χ2n) is 7.19. The number of benzene rings is 1. The monoisotopic (exact) mass is 492 g/mol. The minimum atomic E-state index is -0.459. The summed E-state index contributed by atoms with van der Waals surface area (Å²) in [4.78, 5) is 19.0. The van der Waals surface area contributed by atoms with Gasteiger partial charge < -0.3 is 15.0 Å². The molecule has 3 heterocycles. The first-order valence-corrected chi connectivity index (χ1v) is 11.7. The van der Waals surface area contributed by atoms with Crippen molar-refractivity contribution < 1.29 is 9.53 Å². The molecule has 1 amide bonds. The van der Waals surface area contributed by atoms with Gasteiger partial charge in [-0.15, -0.1) is 10.2 Å². The molecule has 2 aromatic heterocycles. The van der Waals surface area contributed by atoms with E-state index in [4.69, 9.17) is 27.9 Å². The standard InChI is InChI=1S/C21H22Cl2N6O2S/c1-14(19(30)25-18-17(23)11-16(22)12-24-18)32-21-27-26-20(28-7-9-31-10-8-28)29(21)13-15-5-3-2-4-6-15/h2-6,11-12,14H,7-10,13H2,1H3,(H,24,25,30). The van der Waals surface area contributed by atoms with Gasteiger partial charge in [0.2, 0.25) is 11.9 Å². The van der Waals surface area contributed by atoms with Gasteiger partial charge in [-0.1, -0.05) is 65.3 Å². The Labute approximate surface area is 200 Å². The number of halogens is 2. The number of amides is 1. The molecular weight excluding hydrogens is 471 g/mol. The van der Waals surface area contributed by atoms with Crippen molar-refractivity contribution in [2.45, 2.75) is 23.9 Å². The number of hydrogen-bond donors (Lipinski definition) is 1. The lowest BCUT2D eigenvalue weighted by Gasteiger charge is -2.28. The molecule has 1 aliphatic heterocycles. The van der Waals surface area contributed by atoms with E-state index in [1.165, 1.54) is 24.0 Å². The molecule has 3 aromatic rings. The summed E-state index contributed by atoms with van der Waals surface area (Å²) in [6, 6.07) is 11.6. The lowest BCUT2D eigenvalue weighted by Crippen LogP contribution is -2.38. The second-order valence-corrected chi connectivity index (χ2v) is 9.34. The van der Waals surface area contributed by atoms with Gasteiger partial charge in [0, 0.05) is 19.3 Å². The third kappa shape index (κ3) is 5.53. The molecule has 0 saturated carbocycles. The number of ether oxygens (including phenoxy) is 1. The molecule has 1 unspecified atom stereocenters. The van der Waals surface area contributed by atoms with E-state index in [0.29, 0.717) is 29.9 Å². The van der Waals surface area contributed by atoms with Crippen molar-refractivity contribution >= 4 is 52.6 Å². The summed E-state index contributed by atoms with van der Waals surface area (Å²) >= 11 is 13.3. The molecule has 1 aliphatic rings. The highest BCUT2D eigenvalue weighted by atomic mass is 35.5. The van der Waals surface area contributed by atoms with Crippen LogP contribution < -0.4 is 10.2 Å². The molecule has 1 saturated heterocycles. The summed E-state index contributed by atoms with van der Waals surface area (Å²) in [7, 11) is 0. The number of thioether (sulfide) groups is 1. The second kappa shape index (κ2) is 10.5. The van der Waals surface area contributed by atoms with E-state index in [9.17, 15) is 4.79 Å². The lowest BCUT2D eigenvalue weighted by atomic mass is 10.2. The number of carbonyl (C=O) groups excluding carboxylic acids is 1. The number of morpholine rings is 1. The van der Waals surface area contributed by atoms with Crippen LogP contribution in [0.1, 0.15) is 12.5 Å². The summed E-state index contributed by atoms with van der Waals surface area (Å²) in [5, 5.41) is 12.5. The maximum Gasteiger partial charge on any atom is 0.238 e. The third-order valence-electron chi connectivity index (χ3n) is 4.88. The average Bonchev–Trinajstić information content (AvgIpc) is 3.18. The Bertz CT molecular complexity index is 1080. The minimum absolute atomic E-state index is 0.242. The molecule has 168 valence electrons. The summed E-state index contributed by atoms with van der Waals surface area (Å²) < 4.78 is 7.52. The Morgan fingerprint density at radius 3 is 2.69 bits per heavy atom. The molecule has 4 rings (SSSR count). The van der Waals surface area contributed by atoms with Crippen LogP contribution in [0.5, 0.6) is 0 Å². The van der Waals surface area contributed by atoms with Crippen molar-refractivity contribution in [1.29, 1.82) is 0 Å². The smallest absolute Gasteiger partial charge is 0.238 e. The van der Waals surface area contributed by atoms with E-state index in [1.54, 1.807) is 6.92 Å². The highest BCUT2D eigenvalue weighted by molar-refractivity contribution is 8.00. The Hall–Kier alpha value is -2.33. The van der Waals surface area contributed by atoms with Crippen LogP contribution in [0.3, 0.4) is 0 Å². The molecular formula is C21H22Cl2N6O2S. The van der Waals surface area contributed by atoms with Gasteiger partial charge in [0.25, 0.3) is 0 Å². The first-order valence-electron chi connectivity index (χ1n) is 10.1. The van der Waals surface area contributed by atoms with E-state index < -0.39 is 5.25 Å². The number of hydrogen-bond acceptors (Lipinski definition) is 7. The first-order chi connectivity index (χ1) is 15.5. The first kappa shape index (κ1) is 22.8. The predicted molar refractivity (Wildman–Crippen MR) is 127 cm³/mol. The van der Waals surface area contributed by atoms with Crippen molar-refractivity contribution in [3.05, 3.63) is 58.2 Å². The Morgan fingerprint density at radius 1 is 1.22 bits per heavy atom. The molecule has 0 aliphatic carbocycles. The number of nitrogens with one attached hydrogen (secondary N) is 1. The van der Waals surface area contributed by atoms with Gasteiger partial charge in [0.05, 0.1) is 35.1 Å². The molecule has 32 heavy (non-hydrogen) atoms. The third-order valence-corrected chi connectivity index (χ3v) is 6.45. The van der Waals surface area contributed by atoms with Crippen LogP contribution in [-0.2, 0) is 16.1 Å². The Balaban J connectivity index is 1.53. The van der Waals surface area contributed by atoms with Crippen molar-refractivity contribution in [1.82, 2.24) is 19.7 Å². The van der Waals surface area contributed by atoms with Crippen LogP contribution in [0.4, 0.5) is 11.8 Å². The minimum Gasteiger partial charge on any atom is -0.378 e. The van der Waals surface area contributed by atoms with Gasteiger partial charge in [0.15, 0.2) is 11.0 Å². The largest absolute Gasteiger partial charge is 0.378 e. The molecule has 1 aromatic carbocycles. The molecule has 8 nitrogen and oxygen atoms in total. The SMILES string of the molecule is CC(Sc1nnc(N2CCOCC2)n1Cc1ccccc1)C(=O)Nc1ncc(Cl)cc1Cl. The fraction of sp³-hybridized carbons (Fsp3) is 0.333. The summed E-state index contributed by atoms with van der Waals surface area (Å²) in [6.45, 7) is 5.19.